The van der Waals surface area contributed by atoms with Crippen LogP contribution >= 0.6 is 0 Å². The summed E-state index contributed by atoms with van der Waals surface area (Å²) >= 11 is 0. The highest BCUT2D eigenvalue weighted by molar-refractivity contribution is 5.71. The highest BCUT2D eigenvalue weighted by atomic mass is 16.6. The third-order valence-electron chi connectivity index (χ3n) is 7.91. The number of piperidine rings is 1. The SMILES string of the molecule is COCCCc1c(-c2ccc(OCCOC)cc2)ccc([C@H]2CN(C(=O)OC(C)(C)C)CC[C@@H]2c2cccnc2)c1C. The number of hydrogen-bond donors (Lipinski definition) is 0. The van der Waals surface area contributed by atoms with Gasteiger partial charge in [0.2, 0.25) is 0 Å². The van der Waals surface area contributed by atoms with Crippen molar-refractivity contribution in [3.05, 3.63) is 83.2 Å². The Bertz CT molecular complexity index is 1290. The molecule has 1 fully saturated rings. The summed E-state index contributed by atoms with van der Waals surface area (Å²) in [7, 11) is 3.42. The summed E-state index contributed by atoms with van der Waals surface area (Å²) in [6.45, 7) is 11.0. The molecule has 0 N–H and O–H groups in total. The van der Waals surface area contributed by atoms with Gasteiger partial charge in [-0.15, -0.1) is 0 Å². The van der Waals surface area contributed by atoms with Crippen molar-refractivity contribution in [2.75, 3.05) is 47.1 Å². The van der Waals surface area contributed by atoms with Gasteiger partial charge in [0, 0.05) is 52.2 Å². The van der Waals surface area contributed by atoms with E-state index in [1.54, 1.807) is 14.2 Å². The lowest BCUT2D eigenvalue weighted by molar-refractivity contribution is 0.0183. The van der Waals surface area contributed by atoms with Gasteiger partial charge < -0.3 is 23.8 Å². The molecule has 1 aliphatic rings. The number of pyridine rings is 1. The van der Waals surface area contributed by atoms with Crippen LogP contribution in [0.15, 0.2) is 60.9 Å². The summed E-state index contributed by atoms with van der Waals surface area (Å²) in [5.74, 6) is 1.19. The van der Waals surface area contributed by atoms with Crippen molar-refractivity contribution in [1.29, 1.82) is 0 Å². The number of ether oxygens (including phenoxy) is 4. The molecule has 1 aromatic heterocycles. The summed E-state index contributed by atoms with van der Waals surface area (Å²) in [4.78, 5) is 19.5. The van der Waals surface area contributed by atoms with E-state index in [9.17, 15) is 4.79 Å². The molecule has 0 bridgehead atoms. The number of aromatic nitrogens is 1. The predicted octanol–water partition coefficient (Wildman–Crippen LogP) is 7.17. The van der Waals surface area contributed by atoms with Crippen molar-refractivity contribution >= 4 is 6.09 Å². The molecule has 2 aromatic carbocycles. The van der Waals surface area contributed by atoms with Crippen molar-refractivity contribution in [2.45, 2.75) is 64.4 Å². The van der Waals surface area contributed by atoms with Crippen LogP contribution in [0.4, 0.5) is 4.79 Å². The van der Waals surface area contributed by atoms with Crippen LogP contribution < -0.4 is 4.74 Å². The first-order valence-corrected chi connectivity index (χ1v) is 14.9. The van der Waals surface area contributed by atoms with Crippen molar-refractivity contribution in [3.8, 4) is 16.9 Å². The van der Waals surface area contributed by atoms with Crippen LogP contribution in [-0.2, 0) is 20.6 Å². The number of likely N-dealkylation sites (tertiary alicyclic amines) is 1. The smallest absolute Gasteiger partial charge is 0.410 e. The quantitative estimate of drug-likeness (QED) is 0.226. The first-order chi connectivity index (χ1) is 20.2. The fraction of sp³-hybridized carbons (Fsp3) is 0.486. The Hall–Kier alpha value is -3.42. The van der Waals surface area contributed by atoms with Crippen LogP contribution in [0.3, 0.4) is 0 Å². The second-order valence-corrected chi connectivity index (χ2v) is 12.0. The van der Waals surface area contributed by atoms with E-state index in [-0.39, 0.29) is 17.9 Å². The molecule has 1 saturated heterocycles. The van der Waals surface area contributed by atoms with E-state index in [1.165, 1.54) is 27.8 Å². The van der Waals surface area contributed by atoms with Gasteiger partial charge in [-0.1, -0.05) is 30.3 Å². The molecule has 0 aliphatic carbocycles. The van der Waals surface area contributed by atoms with E-state index >= 15 is 0 Å². The number of methoxy groups -OCH3 is 2. The van der Waals surface area contributed by atoms with E-state index in [2.05, 4.69) is 42.2 Å². The fourth-order valence-electron chi connectivity index (χ4n) is 5.89. The van der Waals surface area contributed by atoms with Gasteiger partial charge in [0.15, 0.2) is 0 Å². The van der Waals surface area contributed by atoms with E-state index in [0.717, 1.165) is 30.6 Å². The molecule has 3 aromatic rings. The van der Waals surface area contributed by atoms with Gasteiger partial charge in [0.1, 0.15) is 18.0 Å². The maximum absolute atomic E-state index is 13.2. The Morgan fingerprint density at radius 1 is 0.976 bits per heavy atom. The summed E-state index contributed by atoms with van der Waals surface area (Å²) < 4.78 is 22.1. The lowest BCUT2D eigenvalue weighted by Crippen LogP contribution is -2.44. The van der Waals surface area contributed by atoms with E-state index in [4.69, 9.17) is 18.9 Å². The molecule has 2 heterocycles. The number of carbonyl (C=O) groups excluding carboxylic acids is 1. The first kappa shape index (κ1) is 31.5. The molecule has 1 amide bonds. The van der Waals surface area contributed by atoms with Crippen molar-refractivity contribution in [3.63, 3.8) is 0 Å². The zero-order valence-electron chi connectivity index (χ0n) is 26.0. The van der Waals surface area contributed by atoms with Gasteiger partial charge in [0.05, 0.1) is 6.61 Å². The van der Waals surface area contributed by atoms with Crippen LogP contribution in [0.1, 0.15) is 67.7 Å². The largest absolute Gasteiger partial charge is 0.491 e. The fourth-order valence-corrected chi connectivity index (χ4v) is 5.89. The van der Waals surface area contributed by atoms with Gasteiger partial charge >= 0.3 is 6.09 Å². The van der Waals surface area contributed by atoms with Gasteiger partial charge in [0.25, 0.3) is 0 Å². The number of rotatable bonds is 11. The van der Waals surface area contributed by atoms with Crippen molar-refractivity contribution < 1.29 is 23.7 Å². The van der Waals surface area contributed by atoms with Crippen molar-refractivity contribution in [2.24, 2.45) is 0 Å². The predicted molar refractivity (Wildman–Crippen MR) is 166 cm³/mol. The minimum absolute atomic E-state index is 0.113. The third kappa shape index (κ3) is 8.11. The monoisotopic (exact) mass is 574 g/mol. The Labute approximate surface area is 251 Å². The Morgan fingerprint density at radius 2 is 1.74 bits per heavy atom. The molecular formula is C35H46N2O5. The molecule has 4 rings (SSSR count). The zero-order valence-corrected chi connectivity index (χ0v) is 26.0. The van der Waals surface area contributed by atoms with E-state index in [0.29, 0.717) is 32.9 Å². The maximum Gasteiger partial charge on any atom is 0.410 e. The van der Waals surface area contributed by atoms with E-state index < -0.39 is 5.60 Å². The normalized spacial score (nSPS) is 17.2. The molecule has 0 saturated carbocycles. The van der Waals surface area contributed by atoms with Crippen LogP contribution in [0, 0.1) is 6.92 Å². The average Bonchev–Trinajstić information content (AvgIpc) is 2.98. The topological polar surface area (TPSA) is 70.1 Å². The molecule has 7 nitrogen and oxygen atoms in total. The molecule has 42 heavy (non-hydrogen) atoms. The lowest BCUT2D eigenvalue weighted by atomic mass is 9.74. The van der Waals surface area contributed by atoms with Gasteiger partial charge in [-0.3, -0.25) is 4.98 Å². The highest BCUT2D eigenvalue weighted by Crippen LogP contribution is 2.43. The van der Waals surface area contributed by atoms with Gasteiger partial charge in [-0.05, 0) is 104 Å². The molecule has 1 aliphatic heterocycles. The van der Waals surface area contributed by atoms with Gasteiger partial charge in [-0.25, -0.2) is 4.79 Å². The lowest BCUT2D eigenvalue weighted by Gasteiger charge is -2.40. The first-order valence-electron chi connectivity index (χ1n) is 14.9. The molecule has 0 radical (unpaired) electrons. The maximum atomic E-state index is 13.2. The van der Waals surface area contributed by atoms with Gasteiger partial charge in [-0.2, -0.15) is 0 Å². The highest BCUT2D eigenvalue weighted by Gasteiger charge is 2.36. The molecule has 7 heteroatoms. The van der Waals surface area contributed by atoms with Crippen LogP contribution in [0.25, 0.3) is 11.1 Å². The second kappa shape index (κ2) is 14.7. The summed E-state index contributed by atoms with van der Waals surface area (Å²) in [6, 6.07) is 17.0. The Balaban J connectivity index is 1.71. The second-order valence-electron chi connectivity index (χ2n) is 12.0. The van der Waals surface area contributed by atoms with Crippen molar-refractivity contribution in [1.82, 2.24) is 9.88 Å². The van der Waals surface area contributed by atoms with Crippen LogP contribution in [0.5, 0.6) is 5.75 Å². The third-order valence-corrected chi connectivity index (χ3v) is 7.91. The number of benzene rings is 2. The molecule has 0 spiro atoms. The summed E-state index contributed by atoms with van der Waals surface area (Å²) in [6.07, 6.45) is 6.21. The number of carbonyl (C=O) groups is 1. The van der Waals surface area contributed by atoms with E-state index in [1.807, 2.05) is 56.3 Å². The molecular weight excluding hydrogens is 528 g/mol. The minimum atomic E-state index is -0.538. The van der Waals surface area contributed by atoms with Crippen LogP contribution in [-0.4, -0.2) is 68.7 Å². The van der Waals surface area contributed by atoms with Crippen LogP contribution in [0.2, 0.25) is 0 Å². The Morgan fingerprint density at radius 3 is 2.40 bits per heavy atom. The zero-order chi connectivity index (χ0) is 30.1. The average molecular weight is 575 g/mol. The number of nitrogens with zero attached hydrogens (tertiary/aromatic N) is 2. The summed E-state index contributed by atoms with van der Waals surface area (Å²) in [5.41, 5.74) is 6.90. The number of amides is 1. The molecule has 2 atom stereocenters. The Kier molecular flexibility index (Phi) is 11.0. The minimum Gasteiger partial charge on any atom is -0.491 e. The number of hydrogen-bond acceptors (Lipinski definition) is 6. The standard InChI is InChI=1S/C35H46N2O5/c1-25-29(10-8-20-39-5)31(26-11-13-28(14-12-26)41-22-21-40-6)16-15-30(25)33-24-37(34(38)42-35(2,3)4)19-17-32(33)27-9-7-18-36-23-27/h7,9,11-16,18,23,32-33H,8,10,17,19-22,24H2,1-6H3/t32-,33-/m1/s1. The molecule has 226 valence electrons. The molecule has 0 unspecified atom stereocenters. The summed E-state index contributed by atoms with van der Waals surface area (Å²) in [5, 5.41) is 0.